The van der Waals surface area contributed by atoms with E-state index in [0.717, 1.165) is 0 Å². The Balaban J connectivity index is 0. The lowest BCUT2D eigenvalue weighted by molar-refractivity contribution is -0.715. The molecule has 0 aliphatic rings. The van der Waals surface area contributed by atoms with E-state index >= 15 is 0 Å². The van der Waals surface area contributed by atoms with Crippen molar-refractivity contribution in [1.29, 1.82) is 0 Å². The van der Waals surface area contributed by atoms with Gasteiger partial charge in [-0.15, -0.1) is 10.1 Å². The van der Waals surface area contributed by atoms with Crippen molar-refractivity contribution in [1.82, 2.24) is 6.15 Å². The van der Waals surface area contributed by atoms with Crippen molar-refractivity contribution < 1.29 is 19.5 Å². The van der Waals surface area contributed by atoms with Gasteiger partial charge in [-0.25, -0.2) is 4.62 Å². The van der Waals surface area contributed by atoms with Crippen molar-refractivity contribution >= 4 is 8.60 Å². The zero-order valence-electron chi connectivity index (χ0n) is 3.72. The van der Waals surface area contributed by atoms with Crippen molar-refractivity contribution in [2.24, 2.45) is 0 Å². The lowest BCUT2D eigenvalue weighted by atomic mass is 13.1. The topological polar surface area (TPSA) is 128 Å². The van der Waals surface area contributed by atoms with Gasteiger partial charge in [-0.2, -0.15) is 0 Å². The van der Waals surface area contributed by atoms with E-state index in [1.165, 1.54) is 0 Å². The zero-order chi connectivity index (χ0) is 5.86. The molecule has 8 heavy (non-hydrogen) atoms. The van der Waals surface area contributed by atoms with Gasteiger partial charge in [-0.1, -0.05) is 0 Å². The Kier molecular flexibility index (Phi) is 6.11. The molecule has 0 aliphatic heterocycles. The molecule has 8 heteroatoms. The molecule has 5 N–H and O–H groups in total. The van der Waals surface area contributed by atoms with Crippen LogP contribution in [0.15, 0.2) is 0 Å². The predicted octanol–water partition coefficient (Wildman–Crippen LogP) is -0.432. The normalized spacial score (nSPS) is 7.88. The minimum Gasteiger partial charge on any atom is -0.344 e. The second-order valence-corrected chi connectivity index (χ2v) is 1.23. The van der Waals surface area contributed by atoms with E-state index in [1.54, 1.807) is 0 Å². The summed E-state index contributed by atoms with van der Waals surface area (Å²) < 4.78 is 3.15. The van der Waals surface area contributed by atoms with E-state index in [9.17, 15) is 0 Å². The molecule has 7 nitrogen and oxygen atoms in total. The summed E-state index contributed by atoms with van der Waals surface area (Å²) in [6, 6.07) is 0. The lowest BCUT2D eigenvalue weighted by Crippen LogP contribution is -1.92. The van der Waals surface area contributed by atoms with Crippen LogP contribution in [0.4, 0.5) is 0 Å². The van der Waals surface area contributed by atoms with E-state index in [-0.39, 0.29) is 6.15 Å². The first-order chi connectivity index (χ1) is 3.13. The Morgan fingerprint density at radius 3 is 2.00 bits per heavy atom. The van der Waals surface area contributed by atoms with Crippen LogP contribution < -0.4 is 6.15 Å². The van der Waals surface area contributed by atoms with Gasteiger partial charge in [0.05, 0.1) is 0 Å². The van der Waals surface area contributed by atoms with E-state index in [0.29, 0.717) is 0 Å². The Bertz CT molecular complexity index is 70.8. The van der Waals surface area contributed by atoms with Crippen molar-refractivity contribution in [3.05, 3.63) is 10.1 Å². The molecule has 50 valence electrons. The number of nitrogens with zero attached hydrogens (tertiary/aromatic N) is 1. The second-order valence-electron chi connectivity index (χ2n) is 0.558. The molecule has 0 atom stereocenters. The predicted molar refractivity (Wildman–Crippen MR) is 24.5 cm³/mol. The van der Waals surface area contributed by atoms with E-state index in [2.05, 4.69) is 4.62 Å². The molecule has 0 saturated carbocycles. The summed E-state index contributed by atoms with van der Waals surface area (Å²) in [6.45, 7) is 0. The summed E-state index contributed by atoms with van der Waals surface area (Å²) in [7, 11) is -2.84. The SMILES string of the molecule is N.O=[N+]([O-])OP(O)O. The van der Waals surface area contributed by atoms with E-state index < -0.39 is 13.7 Å². The molecule has 0 aromatic rings. The maximum absolute atomic E-state index is 9.09. The molecule has 0 rings (SSSR count). The highest BCUT2D eigenvalue weighted by Crippen LogP contribution is 2.23. The standard InChI is InChI=1S/H2NO5P.H3N/c2-1(3)6-7(4)5;/h4-5H;1H3. The van der Waals surface area contributed by atoms with Crippen LogP contribution in [0.3, 0.4) is 0 Å². The van der Waals surface area contributed by atoms with Crippen molar-refractivity contribution in [3.8, 4) is 0 Å². The van der Waals surface area contributed by atoms with Gasteiger partial charge in [-0.05, 0) is 0 Å². The van der Waals surface area contributed by atoms with Crippen LogP contribution in [-0.4, -0.2) is 14.9 Å². The van der Waals surface area contributed by atoms with Gasteiger partial charge < -0.3 is 15.9 Å². The second kappa shape index (κ2) is 4.66. The molecule has 0 fully saturated rings. The zero-order valence-corrected chi connectivity index (χ0v) is 4.62. The number of rotatable bonds is 2. The van der Waals surface area contributed by atoms with Crippen LogP contribution in [-0.2, 0) is 4.62 Å². The summed E-state index contributed by atoms with van der Waals surface area (Å²) >= 11 is 0. The highest BCUT2D eigenvalue weighted by Gasteiger charge is 2.02. The van der Waals surface area contributed by atoms with Crippen LogP contribution in [0.1, 0.15) is 0 Å². The summed E-state index contributed by atoms with van der Waals surface area (Å²) in [5, 5.41) is 7.82. The fourth-order valence-electron chi connectivity index (χ4n) is 0.0596. The Hall–Kier alpha value is -0.490. The maximum Gasteiger partial charge on any atom is 0.366 e. The molecule has 0 heterocycles. The monoisotopic (exact) mass is 144 g/mol. The van der Waals surface area contributed by atoms with Crippen molar-refractivity contribution in [2.45, 2.75) is 0 Å². The Morgan fingerprint density at radius 1 is 1.62 bits per heavy atom. The highest BCUT2D eigenvalue weighted by molar-refractivity contribution is 7.39. The first kappa shape index (κ1) is 10.5. The molecule has 0 aromatic carbocycles. The molecule has 0 unspecified atom stereocenters. The molecule has 0 bridgehead atoms. The first-order valence-electron chi connectivity index (χ1n) is 1.13. The third kappa shape index (κ3) is 9.10. The molecule has 0 spiro atoms. The number of hydrogen-bond acceptors (Lipinski definition) is 6. The fraction of sp³-hybridized carbons (Fsp3) is 0. The van der Waals surface area contributed by atoms with Crippen LogP contribution in [0.2, 0.25) is 0 Å². The first-order valence-corrected chi connectivity index (χ1v) is 2.30. The van der Waals surface area contributed by atoms with Crippen LogP contribution in [0, 0.1) is 10.1 Å². The Morgan fingerprint density at radius 2 is 2.00 bits per heavy atom. The summed E-state index contributed by atoms with van der Waals surface area (Å²) in [6.07, 6.45) is 0. The van der Waals surface area contributed by atoms with E-state index in [1.807, 2.05) is 0 Å². The molecule has 0 saturated heterocycles. The minimum atomic E-state index is -2.84. The molecule has 0 aromatic heterocycles. The summed E-state index contributed by atoms with van der Waals surface area (Å²) in [5.74, 6) is 0. The van der Waals surface area contributed by atoms with Gasteiger partial charge in [0.15, 0.2) is 0 Å². The average Bonchev–Trinajstić information content (AvgIpc) is 1.27. The fourth-order valence-corrected chi connectivity index (χ4v) is 0.179. The van der Waals surface area contributed by atoms with Gasteiger partial charge in [0, 0.05) is 0 Å². The third-order valence-corrected chi connectivity index (χ3v) is 0.419. The maximum atomic E-state index is 9.09. The van der Waals surface area contributed by atoms with Crippen LogP contribution in [0.25, 0.3) is 0 Å². The quantitative estimate of drug-likeness (QED) is 0.274. The average molecular weight is 144 g/mol. The van der Waals surface area contributed by atoms with Crippen molar-refractivity contribution in [3.63, 3.8) is 0 Å². The lowest BCUT2D eigenvalue weighted by Gasteiger charge is -1.92. The summed E-state index contributed by atoms with van der Waals surface area (Å²) in [4.78, 5) is 24.4. The van der Waals surface area contributed by atoms with Gasteiger partial charge in [0.25, 0.3) is 0 Å². The third-order valence-electron chi connectivity index (χ3n) is 0.140. The molecule has 0 amide bonds. The van der Waals surface area contributed by atoms with Gasteiger partial charge in [0.1, 0.15) is 0 Å². The molecule has 0 aliphatic carbocycles. The van der Waals surface area contributed by atoms with Crippen molar-refractivity contribution in [2.75, 3.05) is 0 Å². The largest absolute Gasteiger partial charge is 0.366 e. The van der Waals surface area contributed by atoms with Gasteiger partial charge in [-0.3, -0.25) is 0 Å². The van der Waals surface area contributed by atoms with Crippen LogP contribution in [0.5, 0.6) is 0 Å². The Labute approximate surface area is 45.6 Å². The highest BCUT2D eigenvalue weighted by atomic mass is 31.2. The molecular weight excluding hydrogens is 139 g/mol. The van der Waals surface area contributed by atoms with Crippen LogP contribution >= 0.6 is 8.60 Å². The van der Waals surface area contributed by atoms with E-state index in [4.69, 9.17) is 19.9 Å². The summed E-state index contributed by atoms with van der Waals surface area (Å²) in [5.41, 5.74) is 0. The molecular formula is H5N2O5P. The van der Waals surface area contributed by atoms with Gasteiger partial charge >= 0.3 is 13.7 Å². The number of hydrogen-bond donors (Lipinski definition) is 3. The smallest absolute Gasteiger partial charge is 0.344 e. The minimum absolute atomic E-state index is 0. The molecule has 0 radical (unpaired) electrons. The van der Waals surface area contributed by atoms with Gasteiger partial charge in [0.2, 0.25) is 0 Å².